The van der Waals surface area contributed by atoms with Gasteiger partial charge in [-0.05, 0) is 194 Å². The molecule has 12 aromatic rings. The molecule has 12 aromatic heterocycles. The van der Waals surface area contributed by atoms with Crippen LogP contribution in [0.3, 0.4) is 0 Å². The summed E-state index contributed by atoms with van der Waals surface area (Å²) in [4.78, 5) is 5.85. The lowest BCUT2D eigenvalue weighted by Crippen LogP contribution is -1.70. The van der Waals surface area contributed by atoms with Crippen molar-refractivity contribution >= 4 is 192 Å². The van der Waals surface area contributed by atoms with E-state index in [1.807, 2.05) is 219 Å². The van der Waals surface area contributed by atoms with E-state index in [9.17, 15) is 0 Å². The van der Waals surface area contributed by atoms with E-state index in [4.69, 9.17) is 0 Å². The zero-order valence-corrected chi connectivity index (χ0v) is 58.3. The van der Waals surface area contributed by atoms with Crippen molar-refractivity contribution in [3.8, 4) is 0 Å². The lowest BCUT2D eigenvalue weighted by Gasteiger charge is -1.88. The summed E-state index contributed by atoms with van der Waals surface area (Å²) in [6.07, 6.45) is 1.17. The SMILES string of the molecule is CC.CC.CC.CC.CC.CC.CCc1cc2ccsc2s1.Cc1cc2c(C)csc2s1.Cc1csc2scc(C)c12.Cc1csc2scc(C)c12.Cc1sc2scc(C)c2c1C.Cc1sc2sccc2c1C. The van der Waals surface area contributed by atoms with Crippen molar-refractivity contribution in [3.63, 3.8) is 0 Å². The highest BCUT2D eigenvalue weighted by atomic mass is 32.2. The van der Waals surface area contributed by atoms with E-state index in [1.165, 1.54) is 127 Å². The summed E-state index contributed by atoms with van der Waals surface area (Å²) in [6.45, 7) is 50.2. The van der Waals surface area contributed by atoms with Gasteiger partial charge in [0.25, 0.3) is 0 Å². The average molecular weight is 1200 g/mol. The summed E-state index contributed by atoms with van der Waals surface area (Å²) in [7, 11) is 0. The van der Waals surface area contributed by atoms with Gasteiger partial charge < -0.3 is 0 Å². The van der Waals surface area contributed by atoms with Gasteiger partial charge >= 0.3 is 0 Å². The van der Waals surface area contributed by atoms with E-state index in [0.717, 1.165) is 0 Å². The van der Waals surface area contributed by atoms with Gasteiger partial charge in [0.05, 0.1) is 24.1 Å². The van der Waals surface area contributed by atoms with E-state index in [2.05, 4.69) is 150 Å². The fourth-order valence-electron chi connectivity index (χ4n) is 6.81. The molecule has 12 rings (SSSR count). The van der Waals surface area contributed by atoms with Gasteiger partial charge in [0.1, 0.15) is 0 Å². The second kappa shape index (κ2) is 36.9. The summed E-state index contributed by atoms with van der Waals surface area (Å²) in [6, 6.07) is 8.96. The first-order chi connectivity index (χ1) is 35.2. The highest BCUT2D eigenvalue weighted by Crippen LogP contribution is 2.38. The van der Waals surface area contributed by atoms with Gasteiger partial charge in [-0.15, -0.1) is 136 Å². The van der Waals surface area contributed by atoms with Crippen molar-refractivity contribution in [2.24, 2.45) is 0 Å². The van der Waals surface area contributed by atoms with Crippen LogP contribution < -0.4 is 0 Å². The van der Waals surface area contributed by atoms with Crippen LogP contribution in [0.5, 0.6) is 0 Å². The van der Waals surface area contributed by atoms with Gasteiger partial charge in [-0.1, -0.05) is 90.0 Å². The maximum atomic E-state index is 2.29. The first-order valence-electron chi connectivity index (χ1n) is 25.8. The van der Waals surface area contributed by atoms with E-state index in [0.29, 0.717) is 0 Å². The summed E-state index contributed by atoms with van der Waals surface area (Å²) in [5.41, 5.74) is 11.5. The lowest BCUT2D eigenvalue weighted by molar-refractivity contribution is 1.19. The maximum Gasteiger partial charge on any atom is 0.0873 e. The standard InChI is InChI=1S/C9H10S2.5C8H8S2.6C2H6/c1-5-4-10-9-8(5)6(2)7(3)11-9;1-5-4-9-8-7(5)3-6(2)10-8;2*1-5-3-9-8-7(5)6(2)4-10-8;1-5-6(2)10-8-7(5)3-4-9-8;1-2-7-5-6-3-4-9-8(6)10-7;6*1-2/h4H,1-3H3;4*3-4H,1-2H3;3-5H,2H2,1H3;6*1-2H3. The van der Waals surface area contributed by atoms with Crippen LogP contribution in [0.15, 0.2) is 67.3 Å². The molecule has 12 heterocycles. The van der Waals surface area contributed by atoms with E-state index >= 15 is 0 Å². The third kappa shape index (κ3) is 19.1. The second-order valence-electron chi connectivity index (χ2n) is 15.0. The topological polar surface area (TPSA) is 0 Å². The first-order valence-corrected chi connectivity index (χ1v) is 36.1. The van der Waals surface area contributed by atoms with Crippen LogP contribution >= 0.6 is 136 Å². The van der Waals surface area contributed by atoms with Gasteiger partial charge in [-0.3, -0.25) is 0 Å². The van der Waals surface area contributed by atoms with Gasteiger partial charge in [-0.25, -0.2) is 0 Å². The van der Waals surface area contributed by atoms with Crippen LogP contribution in [0, 0.1) is 76.2 Å². The van der Waals surface area contributed by atoms with Crippen LogP contribution in [0.1, 0.15) is 154 Å². The second-order valence-corrected chi connectivity index (χ2v) is 28.5. The van der Waals surface area contributed by atoms with E-state index in [1.54, 1.807) is 0 Å². The fraction of sp³-hybridized carbons (Fsp3) is 0.410. The Kier molecular flexibility index (Phi) is 34.9. The number of hydrogen-bond donors (Lipinski definition) is 0. The minimum atomic E-state index is 1.17. The molecule has 0 nitrogen and oxygen atoms in total. The number of aryl methyl sites for hydroxylation is 12. The molecule has 73 heavy (non-hydrogen) atoms. The Hall–Kier alpha value is -2.04. The summed E-state index contributed by atoms with van der Waals surface area (Å²) < 4.78 is 8.82. The molecule has 0 N–H and O–H groups in total. The van der Waals surface area contributed by atoms with Crippen molar-refractivity contribution in [1.29, 1.82) is 0 Å². The molecule has 0 unspecified atom stereocenters. The monoisotopic (exact) mass is 1200 g/mol. The third-order valence-electron chi connectivity index (χ3n) is 10.4. The number of fused-ring (bicyclic) bond motifs is 6. The zero-order valence-electron chi connectivity index (χ0n) is 48.5. The summed E-state index contributed by atoms with van der Waals surface area (Å²) >= 11 is 22.5. The van der Waals surface area contributed by atoms with Crippen molar-refractivity contribution in [2.75, 3.05) is 0 Å². The molecule has 0 atom stereocenters. The lowest BCUT2D eigenvalue weighted by atomic mass is 10.2. The van der Waals surface area contributed by atoms with Crippen molar-refractivity contribution in [2.45, 2.75) is 173 Å². The normalized spacial score (nSPS) is 9.70. The maximum absolute atomic E-state index is 2.29. The highest BCUT2D eigenvalue weighted by Gasteiger charge is 2.09. The van der Waals surface area contributed by atoms with Crippen molar-refractivity contribution in [1.82, 2.24) is 0 Å². The minimum absolute atomic E-state index is 1.17. The first kappa shape index (κ1) is 69.0. The van der Waals surface area contributed by atoms with Gasteiger partial charge in [0.2, 0.25) is 0 Å². The zero-order chi connectivity index (χ0) is 55.5. The average Bonchev–Trinajstić information content (AvgIpc) is 4.26. The van der Waals surface area contributed by atoms with Crippen molar-refractivity contribution in [3.05, 3.63) is 131 Å². The van der Waals surface area contributed by atoms with Crippen LogP contribution in [0.2, 0.25) is 0 Å². The fourth-order valence-corrected chi connectivity index (χ4v) is 20.4. The number of rotatable bonds is 1. The molecule has 0 aliphatic heterocycles. The van der Waals surface area contributed by atoms with Crippen LogP contribution in [-0.2, 0) is 6.42 Å². The van der Waals surface area contributed by atoms with E-state index < -0.39 is 0 Å². The Morgan fingerprint density at radius 3 is 1.14 bits per heavy atom. The van der Waals surface area contributed by atoms with Crippen LogP contribution in [0.25, 0.3) is 56.4 Å². The molecule has 0 saturated carbocycles. The third-order valence-corrected chi connectivity index (χ3v) is 24.4. The number of thiophene rings is 12. The molecule has 12 heteroatoms. The molecule has 0 spiro atoms. The Bertz CT molecular complexity index is 3110. The smallest absolute Gasteiger partial charge is 0.0873 e. The molecule has 0 amide bonds. The Labute approximate surface area is 491 Å². The molecule has 402 valence electrons. The quantitative estimate of drug-likeness (QED) is 0.154. The molecule has 0 aliphatic rings. The Balaban J connectivity index is 0.000000420. The molecular formula is C61H86S12. The van der Waals surface area contributed by atoms with Crippen LogP contribution in [0.4, 0.5) is 0 Å². The Morgan fingerprint density at radius 2 is 0.712 bits per heavy atom. The summed E-state index contributed by atoms with van der Waals surface area (Å²) in [5, 5.41) is 26.5. The van der Waals surface area contributed by atoms with Gasteiger partial charge in [0, 0.05) is 51.8 Å². The molecule has 0 fully saturated rings. The summed E-state index contributed by atoms with van der Waals surface area (Å²) in [5.74, 6) is 0. The largest absolute Gasteiger partial charge is 0.133 e. The molecule has 0 bridgehead atoms. The molecular weight excluding hydrogens is 1120 g/mol. The van der Waals surface area contributed by atoms with Crippen LogP contribution in [-0.4, -0.2) is 0 Å². The molecule has 0 aliphatic carbocycles. The molecule has 0 aromatic carbocycles. The number of hydrogen-bond acceptors (Lipinski definition) is 12. The van der Waals surface area contributed by atoms with E-state index in [-0.39, 0.29) is 0 Å². The van der Waals surface area contributed by atoms with Crippen molar-refractivity contribution < 1.29 is 0 Å². The van der Waals surface area contributed by atoms with Gasteiger partial charge in [0.15, 0.2) is 0 Å². The van der Waals surface area contributed by atoms with Gasteiger partial charge in [-0.2, -0.15) is 0 Å². The molecule has 0 radical (unpaired) electrons. The molecule has 0 saturated heterocycles. The minimum Gasteiger partial charge on any atom is -0.133 e. The Morgan fingerprint density at radius 1 is 0.329 bits per heavy atom. The highest BCUT2D eigenvalue weighted by molar-refractivity contribution is 7.40. The predicted octanol–water partition coefficient (Wildman–Crippen LogP) is 27.9. The predicted molar refractivity (Wildman–Crippen MR) is 368 cm³/mol.